The second kappa shape index (κ2) is 8.75. The van der Waals surface area contributed by atoms with Gasteiger partial charge in [-0.05, 0) is 18.2 Å². The van der Waals surface area contributed by atoms with E-state index in [2.05, 4.69) is 11.9 Å². The maximum atomic E-state index is 13.2. The highest BCUT2D eigenvalue weighted by molar-refractivity contribution is 7.99. The second-order valence-electron chi connectivity index (χ2n) is 6.29. The molecule has 0 unspecified atom stereocenters. The zero-order valence-electron chi connectivity index (χ0n) is 15.2. The van der Waals surface area contributed by atoms with Gasteiger partial charge in [0.1, 0.15) is 5.82 Å². The molecule has 2 aromatic rings. The summed E-state index contributed by atoms with van der Waals surface area (Å²) in [5, 5.41) is 0.589. The number of pyridine rings is 1. The first-order chi connectivity index (χ1) is 12.3. The molecule has 0 atom stereocenters. The molecule has 0 radical (unpaired) electrons. The Bertz CT molecular complexity index is 775. The van der Waals surface area contributed by atoms with E-state index < -0.39 is 12.0 Å². The van der Waals surface area contributed by atoms with E-state index >= 15 is 0 Å². The molecule has 0 fully saturated rings. The number of alkyl halides is 3. The minimum absolute atomic E-state index is 0.0575. The van der Waals surface area contributed by atoms with Gasteiger partial charge in [-0.15, -0.1) is 11.8 Å². The summed E-state index contributed by atoms with van der Waals surface area (Å²) in [4.78, 5) is 18.3. The van der Waals surface area contributed by atoms with Crippen molar-refractivity contribution in [1.29, 1.82) is 0 Å². The highest BCUT2D eigenvalue weighted by Crippen LogP contribution is 2.39. The lowest BCUT2D eigenvalue weighted by Gasteiger charge is -2.21. The van der Waals surface area contributed by atoms with Crippen molar-refractivity contribution in [3.8, 4) is 0 Å². The fraction of sp³-hybridized carbons (Fsp3) is 0.474. The number of anilines is 1. The molecule has 2 rings (SSSR count). The van der Waals surface area contributed by atoms with Gasteiger partial charge in [0.2, 0.25) is 0 Å². The van der Waals surface area contributed by atoms with Gasteiger partial charge in [-0.1, -0.05) is 44.4 Å². The van der Waals surface area contributed by atoms with Gasteiger partial charge in [-0.25, -0.2) is 4.98 Å². The molecule has 1 aromatic heterocycles. The van der Waals surface area contributed by atoms with E-state index in [-0.39, 0.29) is 11.4 Å². The standard InChI is InChI=1S/C19H23F3N2OS/c1-4-5-6-9-12-26-16-13-10-7-8-11-14(13)23-18(24(2)3)15(16)17(25)19(20,21)22/h7-8,10-11H,4-6,9,12H2,1-3H3. The molecule has 0 aliphatic heterocycles. The Hall–Kier alpha value is -1.76. The molecule has 0 saturated carbocycles. The summed E-state index contributed by atoms with van der Waals surface area (Å²) in [6.07, 6.45) is -0.839. The van der Waals surface area contributed by atoms with Crippen LogP contribution in [-0.4, -0.2) is 36.8 Å². The molecule has 7 heteroatoms. The predicted molar refractivity (Wildman–Crippen MR) is 101 cm³/mol. The van der Waals surface area contributed by atoms with E-state index in [1.807, 2.05) is 0 Å². The Labute approximate surface area is 156 Å². The summed E-state index contributed by atoms with van der Waals surface area (Å²) in [6, 6.07) is 7.02. The first-order valence-corrected chi connectivity index (χ1v) is 9.60. The number of fused-ring (bicyclic) bond motifs is 1. The van der Waals surface area contributed by atoms with E-state index in [1.165, 1.54) is 16.7 Å². The van der Waals surface area contributed by atoms with Gasteiger partial charge in [0, 0.05) is 24.4 Å². The Kier molecular flexibility index (Phi) is 6.92. The van der Waals surface area contributed by atoms with Crippen molar-refractivity contribution in [3.63, 3.8) is 0 Å². The zero-order valence-corrected chi connectivity index (χ0v) is 16.0. The summed E-state index contributed by atoms with van der Waals surface area (Å²) in [5.41, 5.74) is 0.243. The van der Waals surface area contributed by atoms with E-state index in [9.17, 15) is 18.0 Å². The number of rotatable bonds is 8. The van der Waals surface area contributed by atoms with Crippen LogP contribution in [0.5, 0.6) is 0 Å². The Morgan fingerprint density at radius 1 is 1.15 bits per heavy atom. The molecule has 0 aliphatic carbocycles. The normalized spacial score (nSPS) is 11.8. The number of hydrogen-bond donors (Lipinski definition) is 0. The number of halogens is 3. The number of thioether (sulfide) groups is 1. The molecule has 0 spiro atoms. The molecular formula is C19H23F3N2OS. The van der Waals surface area contributed by atoms with Crippen LogP contribution in [0.15, 0.2) is 29.2 Å². The number of carbonyl (C=O) groups excluding carboxylic acids is 1. The Morgan fingerprint density at radius 2 is 1.85 bits per heavy atom. The third kappa shape index (κ3) is 4.69. The molecular weight excluding hydrogens is 361 g/mol. The van der Waals surface area contributed by atoms with E-state index in [4.69, 9.17) is 0 Å². The average molecular weight is 384 g/mol. The Balaban J connectivity index is 2.57. The van der Waals surface area contributed by atoms with Crippen molar-refractivity contribution in [1.82, 2.24) is 4.98 Å². The number of hydrogen-bond acceptors (Lipinski definition) is 4. The first-order valence-electron chi connectivity index (χ1n) is 8.61. The third-order valence-electron chi connectivity index (χ3n) is 3.98. The molecule has 1 heterocycles. The van der Waals surface area contributed by atoms with E-state index in [0.29, 0.717) is 21.6 Å². The fourth-order valence-corrected chi connectivity index (χ4v) is 3.90. The van der Waals surface area contributed by atoms with Crippen molar-refractivity contribution in [2.24, 2.45) is 0 Å². The van der Waals surface area contributed by atoms with E-state index in [0.717, 1.165) is 25.7 Å². The second-order valence-corrected chi connectivity index (χ2v) is 7.39. The van der Waals surface area contributed by atoms with E-state index in [1.54, 1.807) is 38.4 Å². The van der Waals surface area contributed by atoms with Gasteiger partial charge in [-0.3, -0.25) is 4.79 Å². The van der Waals surface area contributed by atoms with Crippen LogP contribution < -0.4 is 4.90 Å². The molecule has 3 nitrogen and oxygen atoms in total. The molecule has 1 aromatic carbocycles. The van der Waals surface area contributed by atoms with Gasteiger partial charge in [0.25, 0.3) is 5.78 Å². The van der Waals surface area contributed by atoms with Crippen LogP contribution >= 0.6 is 11.8 Å². The Morgan fingerprint density at radius 3 is 2.46 bits per heavy atom. The summed E-state index contributed by atoms with van der Waals surface area (Å²) < 4.78 is 39.7. The summed E-state index contributed by atoms with van der Waals surface area (Å²) in [6.45, 7) is 2.10. The lowest BCUT2D eigenvalue weighted by Crippen LogP contribution is -2.27. The molecule has 0 N–H and O–H groups in total. The number of para-hydroxylation sites is 1. The van der Waals surface area contributed by atoms with Crippen molar-refractivity contribution in [2.75, 3.05) is 24.7 Å². The van der Waals surface area contributed by atoms with Gasteiger partial charge >= 0.3 is 6.18 Å². The van der Waals surface area contributed by atoms with Gasteiger partial charge in [0.15, 0.2) is 0 Å². The number of aromatic nitrogens is 1. The molecule has 0 aliphatic rings. The number of unbranched alkanes of at least 4 members (excludes halogenated alkanes) is 3. The lowest BCUT2D eigenvalue weighted by molar-refractivity contribution is -0.0886. The molecule has 0 amide bonds. The summed E-state index contributed by atoms with van der Waals surface area (Å²) >= 11 is 1.32. The molecule has 0 bridgehead atoms. The monoisotopic (exact) mass is 384 g/mol. The van der Waals surface area contributed by atoms with Gasteiger partial charge < -0.3 is 4.90 Å². The number of nitrogens with zero attached hydrogens (tertiary/aromatic N) is 2. The minimum Gasteiger partial charge on any atom is -0.362 e. The van der Waals surface area contributed by atoms with Crippen molar-refractivity contribution < 1.29 is 18.0 Å². The van der Waals surface area contributed by atoms with Gasteiger partial charge in [-0.2, -0.15) is 13.2 Å². The van der Waals surface area contributed by atoms with Crippen molar-refractivity contribution in [3.05, 3.63) is 29.8 Å². The van der Waals surface area contributed by atoms with Crippen molar-refractivity contribution in [2.45, 2.75) is 43.7 Å². The van der Waals surface area contributed by atoms with Crippen LogP contribution in [0.2, 0.25) is 0 Å². The van der Waals surface area contributed by atoms with Crippen LogP contribution in [0.1, 0.15) is 43.0 Å². The highest BCUT2D eigenvalue weighted by atomic mass is 32.2. The number of ketones is 1. The number of carbonyl (C=O) groups is 1. The van der Waals surface area contributed by atoms with Crippen LogP contribution in [0.25, 0.3) is 10.9 Å². The fourth-order valence-electron chi connectivity index (χ4n) is 2.69. The molecule has 0 saturated heterocycles. The minimum atomic E-state index is -4.94. The highest BCUT2D eigenvalue weighted by Gasteiger charge is 2.43. The smallest absolute Gasteiger partial charge is 0.362 e. The van der Waals surface area contributed by atoms with Crippen LogP contribution in [0.3, 0.4) is 0 Å². The maximum Gasteiger partial charge on any atom is 0.455 e. The first kappa shape index (κ1) is 20.6. The van der Waals surface area contributed by atoms with Gasteiger partial charge in [0.05, 0.1) is 11.1 Å². The van der Waals surface area contributed by atoms with Crippen LogP contribution in [0, 0.1) is 0 Å². The van der Waals surface area contributed by atoms with Crippen LogP contribution in [0.4, 0.5) is 19.0 Å². The van der Waals surface area contributed by atoms with Crippen LogP contribution in [-0.2, 0) is 0 Å². The topological polar surface area (TPSA) is 33.2 Å². The predicted octanol–water partition coefficient (Wildman–Crippen LogP) is 5.72. The zero-order chi connectivity index (χ0) is 19.3. The van der Waals surface area contributed by atoms with Crippen molar-refractivity contribution >= 4 is 34.3 Å². The molecule has 26 heavy (non-hydrogen) atoms. The average Bonchev–Trinajstić information content (AvgIpc) is 2.59. The maximum absolute atomic E-state index is 13.2. The summed E-state index contributed by atoms with van der Waals surface area (Å²) in [7, 11) is 3.19. The number of Topliss-reactive ketones (excluding diaryl/α,β-unsaturated/α-hetero) is 1. The SMILES string of the molecule is CCCCCCSc1c(C(=O)C(F)(F)F)c(N(C)C)nc2ccccc12. The molecule has 142 valence electrons. The third-order valence-corrected chi connectivity index (χ3v) is 5.18. The largest absolute Gasteiger partial charge is 0.455 e. The quantitative estimate of drug-likeness (QED) is 0.331. The summed E-state index contributed by atoms with van der Waals surface area (Å²) in [5.74, 6) is -1.11. The number of benzene rings is 1. The lowest BCUT2D eigenvalue weighted by atomic mass is 10.1.